The molecule has 0 spiro atoms. The van der Waals surface area contributed by atoms with Gasteiger partial charge in [-0.1, -0.05) is 13.8 Å². The molecule has 1 aliphatic rings. The normalized spacial score (nSPS) is 17.7. The summed E-state index contributed by atoms with van der Waals surface area (Å²) in [6.07, 6.45) is 4.15. The minimum Gasteiger partial charge on any atom is -0.430 e. The van der Waals surface area contributed by atoms with Crippen LogP contribution in [0.3, 0.4) is 0 Å². The quantitative estimate of drug-likeness (QED) is 0.681. The van der Waals surface area contributed by atoms with Crippen molar-refractivity contribution in [3.05, 3.63) is 0 Å². The van der Waals surface area contributed by atoms with Crippen molar-refractivity contribution in [3.8, 4) is 0 Å². The van der Waals surface area contributed by atoms with E-state index in [1.54, 1.807) is 0 Å². The molecule has 0 aliphatic carbocycles. The molecule has 1 rings (SSSR count). The Balaban J connectivity index is 0. The Morgan fingerprint density at radius 3 is 2.07 bits per heavy atom. The maximum absolute atomic E-state index is 7.12. The summed E-state index contributed by atoms with van der Waals surface area (Å²) >= 11 is 0. The smallest absolute Gasteiger partial charge is 0.430 e. The zero-order valence-corrected chi connectivity index (χ0v) is 10.1. The summed E-state index contributed by atoms with van der Waals surface area (Å²) in [6, 6.07) is 0. The second kappa shape index (κ2) is 11.3. The van der Waals surface area contributed by atoms with E-state index in [0.717, 1.165) is 5.92 Å². The van der Waals surface area contributed by atoms with Gasteiger partial charge in [0.15, 0.2) is 0 Å². The Hall–Kier alpha value is 0.235. The standard InChI is InChI=1S/C9H19N.BH3O2.ClH/c1-3-6-10-7-4-9(2)5-8-10;2-1-3;/h9H,3-8H2,1-2H3;1-3H;1H. The summed E-state index contributed by atoms with van der Waals surface area (Å²) < 4.78 is 0. The molecule has 1 aliphatic heterocycles. The highest BCUT2D eigenvalue weighted by atomic mass is 35.5. The lowest BCUT2D eigenvalue weighted by molar-refractivity contribution is 0.193. The molecular weight excluding hydrogens is 200 g/mol. The molecule has 0 amide bonds. The van der Waals surface area contributed by atoms with Crippen LogP contribution in [0.5, 0.6) is 0 Å². The maximum Gasteiger partial charge on any atom is 0.432 e. The molecular formula is C9H23BClNO2. The van der Waals surface area contributed by atoms with Crippen LogP contribution in [0, 0.1) is 5.92 Å². The highest BCUT2D eigenvalue weighted by Gasteiger charge is 2.13. The number of rotatable bonds is 2. The second-order valence-corrected chi connectivity index (χ2v) is 3.67. The van der Waals surface area contributed by atoms with E-state index in [-0.39, 0.29) is 12.4 Å². The van der Waals surface area contributed by atoms with Crippen LogP contribution in [0.4, 0.5) is 0 Å². The van der Waals surface area contributed by atoms with Crippen LogP contribution in [0.2, 0.25) is 0 Å². The molecule has 1 heterocycles. The number of likely N-dealkylation sites (tertiary alicyclic amines) is 1. The Morgan fingerprint density at radius 1 is 1.29 bits per heavy atom. The Bertz CT molecular complexity index is 111. The lowest BCUT2D eigenvalue weighted by Crippen LogP contribution is -2.33. The highest BCUT2D eigenvalue weighted by molar-refractivity contribution is 6.13. The SMILES string of the molecule is CCCN1CCC(C)CC1.Cl.OBO. The molecule has 0 unspecified atom stereocenters. The first kappa shape index (κ1) is 16.7. The van der Waals surface area contributed by atoms with Crippen LogP contribution < -0.4 is 0 Å². The first-order valence-electron chi connectivity index (χ1n) is 5.18. The third kappa shape index (κ3) is 8.82. The van der Waals surface area contributed by atoms with Gasteiger partial charge in [-0.15, -0.1) is 12.4 Å². The van der Waals surface area contributed by atoms with Gasteiger partial charge in [0.25, 0.3) is 0 Å². The lowest BCUT2D eigenvalue weighted by Gasteiger charge is -2.29. The van der Waals surface area contributed by atoms with Crippen LogP contribution in [0.25, 0.3) is 0 Å². The third-order valence-corrected chi connectivity index (χ3v) is 2.42. The largest absolute Gasteiger partial charge is 0.432 e. The Morgan fingerprint density at radius 2 is 1.71 bits per heavy atom. The molecule has 0 atom stereocenters. The third-order valence-electron chi connectivity index (χ3n) is 2.42. The number of hydrogen-bond acceptors (Lipinski definition) is 3. The van der Waals surface area contributed by atoms with Gasteiger partial charge < -0.3 is 14.9 Å². The topological polar surface area (TPSA) is 43.7 Å². The zero-order valence-electron chi connectivity index (χ0n) is 9.28. The van der Waals surface area contributed by atoms with Crippen molar-refractivity contribution >= 4 is 20.1 Å². The average molecular weight is 224 g/mol. The molecule has 1 saturated heterocycles. The predicted molar refractivity (Wildman–Crippen MR) is 64.0 cm³/mol. The highest BCUT2D eigenvalue weighted by Crippen LogP contribution is 2.15. The van der Waals surface area contributed by atoms with Gasteiger partial charge in [-0.2, -0.15) is 0 Å². The molecule has 3 nitrogen and oxygen atoms in total. The van der Waals surface area contributed by atoms with Crippen molar-refractivity contribution in [2.75, 3.05) is 19.6 Å². The van der Waals surface area contributed by atoms with Crippen LogP contribution in [0.1, 0.15) is 33.1 Å². The molecule has 0 aromatic carbocycles. The van der Waals surface area contributed by atoms with E-state index in [0.29, 0.717) is 0 Å². The van der Waals surface area contributed by atoms with Crippen LogP contribution in [0.15, 0.2) is 0 Å². The summed E-state index contributed by atoms with van der Waals surface area (Å²) in [5, 5.41) is 14.2. The fourth-order valence-electron chi connectivity index (χ4n) is 1.60. The van der Waals surface area contributed by atoms with E-state index in [2.05, 4.69) is 18.7 Å². The fraction of sp³-hybridized carbons (Fsp3) is 1.00. The summed E-state index contributed by atoms with van der Waals surface area (Å²) in [5.41, 5.74) is 0. The van der Waals surface area contributed by atoms with E-state index in [1.165, 1.54) is 38.9 Å². The Kier molecular flexibility index (Phi) is 13.5. The molecule has 0 aromatic heterocycles. The predicted octanol–water partition coefficient (Wildman–Crippen LogP) is 0.788. The van der Waals surface area contributed by atoms with E-state index >= 15 is 0 Å². The van der Waals surface area contributed by atoms with E-state index in [9.17, 15) is 0 Å². The molecule has 0 saturated carbocycles. The van der Waals surface area contributed by atoms with Gasteiger partial charge in [-0.25, -0.2) is 0 Å². The van der Waals surface area contributed by atoms with Crippen molar-refractivity contribution in [2.45, 2.75) is 33.1 Å². The minimum absolute atomic E-state index is 0. The van der Waals surface area contributed by atoms with Crippen LogP contribution in [-0.4, -0.2) is 42.3 Å². The fourth-order valence-corrected chi connectivity index (χ4v) is 1.60. The number of hydrogen-bond donors (Lipinski definition) is 2. The van der Waals surface area contributed by atoms with Gasteiger partial charge in [0.1, 0.15) is 0 Å². The summed E-state index contributed by atoms with van der Waals surface area (Å²) in [6.45, 7) is 8.62. The number of halogens is 1. The van der Waals surface area contributed by atoms with Crippen molar-refractivity contribution in [3.63, 3.8) is 0 Å². The molecule has 1 fully saturated rings. The lowest BCUT2D eigenvalue weighted by atomic mass is 9.99. The first-order valence-corrected chi connectivity index (χ1v) is 5.18. The molecule has 5 heteroatoms. The van der Waals surface area contributed by atoms with E-state index in [1.807, 2.05) is 0 Å². The van der Waals surface area contributed by atoms with E-state index < -0.39 is 7.69 Å². The maximum atomic E-state index is 7.12. The van der Waals surface area contributed by atoms with Gasteiger partial charge in [0.2, 0.25) is 0 Å². The monoisotopic (exact) mass is 223 g/mol. The molecule has 0 radical (unpaired) electrons. The number of piperidine rings is 1. The minimum atomic E-state index is -0.750. The van der Waals surface area contributed by atoms with Gasteiger partial charge >= 0.3 is 7.69 Å². The summed E-state index contributed by atoms with van der Waals surface area (Å²) in [4.78, 5) is 2.58. The molecule has 2 N–H and O–H groups in total. The molecule has 0 bridgehead atoms. The van der Waals surface area contributed by atoms with Crippen molar-refractivity contribution in [1.29, 1.82) is 0 Å². The zero-order chi connectivity index (χ0) is 10.1. The van der Waals surface area contributed by atoms with Gasteiger partial charge in [0, 0.05) is 0 Å². The van der Waals surface area contributed by atoms with Gasteiger partial charge in [0.05, 0.1) is 0 Å². The van der Waals surface area contributed by atoms with Crippen LogP contribution in [-0.2, 0) is 0 Å². The van der Waals surface area contributed by atoms with Crippen molar-refractivity contribution in [1.82, 2.24) is 4.90 Å². The molecule has 0 aromatic rings. The second-order valence-electron chi connectivity index (χ2n) is 3.67. The number of nitrogens with zero attached hydrogens (tertiary/aromatic N) is 1. The van der Waals surface area contributed by atoms with Crippen LogP contribution >= 0.6 is 12.4 Å². The van der Waals surface area contributed by atoms with Crippen molar-refractivity contribution in [2.24, 2.45) is 5.92 Å². The van der Waals surface area contributed by atoms with Crippen molar-refractivity contribution < 1.29 is 10.0 Å². The van der Waals surface area contributed by atoms with Gasteiger partial charge in [-0.3, -0.25) is 0 Å². The molecule has 86 valence electrons. The van der Waals surface area contributed by atoms with E-state index in [4.69, 9.17) is 10.0 Å². The summed E-state index contributed by atoms with van der Waals surface area (Å²) in [5.74, 6) is 0.980. The summed E-state index contributed by atoms with van der Waals surface area (Å²) in [7, 11) is -0.750. The Labute approximate surface area is 94.2 Å². The molecule has 14 heavy (non-hydrogen) atoms. The van der Waals surface area contributed by atoms with Gasteiger partial charge in [-0.05, 0) is 44.8 Å². The first-order chi connectivity index (χ1) is 6.24. The average Bonchev–Trinajstić information content (AvgIpc) is 2.11.